The molecule has 0 fully saturated rings. The van der Waals surface area contributed by atoms with Gasteiger partial charge in [-0.2, -0.15) is 0 Å². The van der Waals surface area contributed by atoms with E-state index in [9.17, 15) is 0 Å². The molecule has 0 aliphatic heterocycles. The van der Waals surface area contributed by atoms with E-state index in [2.05, 4.69) is 243 Å². The first kappa shape index (κ1) is 40.9. The third-order valence-corrected chi connectivity index (χ3v) is 15.8. The Labute approximate surface area is 425 Å². The van der Waals surface area contributed by atoms with Crippen LogP contribution in [0.1, 0.15) is 0 Å². The fourth-order valence-corrected chi connectivity index (χ4v) is 12.6. The van der Waals surface area contributed by atoms with Crippen LogP contribution in [0.5, 0.6) is 0 Å². The van der Waals surface area contributed by atoms with Crippen LogP contribution < -0.4 is 0 Å². The lowest BCUT2D eigenvalue weighted by molar-refractivity contribution is 0.668. The molecule has 0 spiro atoms. The molecule has 0 aliphatic rings. The highest BCUT2D eigenvalue weighted by Gasteiger charge is 2.22. The van der Waals surface area contributed by atoms with E-state index in [1.807, 2.05) is 12.1 Å². The Kier molecular flexibility index (Phi) is 8.78. The van der Waals surface area contributed by atoms with Crippen LogP contribution in [0.4, 0.5) is 0 Å². The van der Waals surface area contributed by atoms with Crippen LogP contribution in [0.2, 0.25) is 0 Å². The van der Waals surface area contributed by atoms with Crippen molar-refractivity contribution in [3.05, 3.63) is 255 Å². The zero-order valence-corrected chi connectivity index (χ0v) is 40.1. The first-order valence-corrected chi connectivity index (χ1v) is 25.5. The highest BCUT2D eigenvalue weighted by Crippen LogP contribution is 2.49. The predicted molar refractivity (Wildman–Crippen MR) is 313 cm³/mol. The minimum atomic E-state index is 0.905. The molecule has 0 N–H and O–H groups in total. The maximum Gasteiger partial charge on any atom is 0.135 e. The van der Waals surface area contributed by atoms with Crippen LogP contribution in [0, 0.1) is 0 Å². The molecule has 2 nitrogen and oxygen atoms in total. The molecule has 74 heavy (non-hydrogen) atoms. The first-order chi connectivity index (χ1) is 36.7. The van der Waals surface area contributed by atoms with Crippen molar-refractivity contribution in [2.75, 3.05) is 0 Å². The molecule has 0 radical (unpaired) electrons. The Bertz CT molecular complexity index is 4600. The second kappa shape index (κ2) is 15.9. The highest BCUT2D eigenvalue weighted by molar-refractivity contribution is 6.26. The number of furan rings is 2. The SMILES string of the molecule is c1cc(-c2c3ccccc3c(-c3ccc4oc5ccccc5c4c3)c3ccccc23)c2ccc(-c3ccc4c(-c5c6ccccc6c(-c6ccc7oc8ccccc8c7c6)c6ccccc56)cccc4c3)cc2c1. The van der Waals surface area contributed by atoms with Gasteiger partial charge in [-0.25, -0.2) is 0 Å². The second-order valence-corrected chi connectivity index (χ2v) is 19.8. The summed E-state index contributed by atoms with van der Waals surface area (Å²) >= 11 is 0. The van der Waals surface area contributed by atoms with Crippen LogP contribution in [-0.4, -0.2) is 0 Å². The van der Waals surface area contributed by atoms with E-state index < -0.39 is 0 Å². The number of para-hydroxylation sites is 2. The van der Waals surface area contributed by atoms with Crippen molar-refractivity contribution in [1.29, 1.82) is 0 Å². The van der Waals surface area contributed by atoms with Gasteiger partial charge in [0.1, 0.15) is 22.3 Å². The summed E-state index contributed by atoms with van der Waals surface area (Å²) in [4.78, 5) is 0. The molecule has 0 saturated heterocycles. The zero-order chi connectivity index (χ0) is 48.4. The lowest BCUT2D eigenvalue weighted by atomic mass is 9.84. The summed E-state index contributed by atoms with van der Waals surface area (Å²) < 4.78 is 12.5. The topological polar surface area (TPSA) is 26.3 Å². The first-order valence-electron chi connectivity index (χ1n) is 25.5. The quantitative estimate of drug-likeness (QED) is 0.161. The largest absolute Gasteiger partial charge is 0.456 e. The van der Waals surface area contributed by atoms with Gasteiger partial charge in [-0.15, -0.1) is 0 Å². The Morgan fingerprint density at radius 1 is 0.176 bits per heavy atom. The van der Waals surface area contributed by atoms with Crippen LogP contribution in [0.3, 0.4) is 0 Å². The van der Waals surface area contributed by atoms with Gasteiger partial charge in [-0.05, 0) is 169 Å². The third-order valence-electron chi connectivity index (χ3n) is 15.8. The lowest BCUT2D eigenvalue weighted by Gasteiger charge is -2.19. The fraction of sp³-hybridized carbons (Fsp3) is 0. The van der Waals surface area contributed by atoms with E-state index in [1.165, 1.54) is 120 Å². The maximum absolute atomic E-state index is 6.27. The Balaban J connectivity index is 0.820. The summed E-state index contributed by atoms with van der Waals surface area (Å²) in [6.07, 6.45) is 0. The van der Waals surface area contributed by atoms with Crippen LogP contribution in [0.25, 0.3) is 164 Å². The highest BCUT2D eigenvalue weighted by atomic mass is 16.3. The summed E-state index contributed by atoms with van der Waals surface area (Å²) in [5, 5.41) is 19.3. The molecule has 14 aromatic carbocycles. The van der Waals surface area contributed by atoms with E-state index in [0.29, 0.717) is 0 Å². The van der Waals surface area contributed by atoms with Crippen molar-refractivity contribution >= 4 is 109 Å². The van der Waals surface area contributed by atoms with Crippen LogP contribution in [0.15, 0.2) is 264 Å². The molecule has 0 unspecified atom stereocenters. The Morgan fingerprint density at radius 3 is 0.865 bits per heavy atom. The molecular formula is C72H42O2. The molecule has 16 rings (SSSR count). The molecule has 2 heteroatoms. The molecule has 2 heterocycles. The minimum absolute atomic E-state index is 0.905. The van der Waals surface area contributed by atoms with Gasteiger partial charge in [0, 0.05) is 21.5 Å². The molecule has 342 valence electrons. The van der Waals surface area contributed by atoms with Crippen molar-refractivity contribution in [2.45, 2.75) is 0 Å². The number of hydrogen-bond acceptors (Lipinski definition) is 2. The van der Waals surface area contributed by atoms with Crippen molar-refractivity contribution in [3.8, 4) is 55.6 Å². The molecule has 0 amide bonds. The summed E-state index contributed by atoms with van der Waals surface area (Å²) in [5.74, 6) is 0. The lowest BCUT2D eigenvalue weighted by Crippen LogP contribution is -1.92. The van der Waals surface area contributed by atoms with Gasteiger partial charge in [-0.1, -0.05) is 206 Å². The van der Waals surface area contributed by atoms with E-state index in [-0.39, 0.29) is 0 Å². The van der Waals surface area contributed by atoms with Crippen molar-refractivity contribution < 1.29 is 8.83 Å². The fourth-order valence-electron chi connectivity index (χ4n) is 12.6. The minimum Gasteiger partial charge on any atom is -0.456 e. The number of hydrogen-bond donors (Lipinski definition) is 0. The molecule has 16 aromatic rings. The number of fused-ring (bicyclic) bond motifs is 12. The van der Waals surface area contributed by atoms with Gasteiger partial charge >= 0.3 is 0 Å². The summed E-state index contributed by atoms with van der Waals surface area (Å²) in [6, 6.07) is 93.3. The molecule has 0 bridgehead atoms. The van der Waals surface area contributed by atoms with Gasteiger partial charge in [0.25, 0.3) is 0 Å². The summed E-state index contributed by atoms with van der Waals surface area (Å²) in [7, 11) is 0. The molecule has 2 aromatic heterocycles. The third kappa shape index (κ3) is 6.06. The molecule has 0 atom stereocenters. The van der Waals surface area contributed by atoms with Gasteiger partial charge in [0.2, 0.25) is 0 Å². The van der Waals surface area contributed by atoms with E-state index in [4.69, 9.17) is 8.83 Å². The maximum atomic E-state index is 6.27. The zero-order valence-electron chi connectivity index (χ0n) is 40.1. The normalized spacial score (nSPS) is 12.1. The van der Waals surface area contributed by atoms with E-state index in [0.717, 1.165) is 43.9 Å². The van der Waals surface area contributed by atoms with Gasteiger partial charge in [0.15, 0.2) is 0 Å². The molecule has 0 saturated carbocycles. The van der Waals surface area contributed by atoms with E-state index >= 15 is 0 Å². The van der Waals surface area contributed by atoms with Gasteiger partial charge in [0.05, 0.1) is 0 Å². The van der Waals surface area contributed by atoms with Crippen molar-refractivity contribution in [3.63, 3.8) is 0 Å². The predicted octanol–water partition coefficient (Wildman–Crippen LogP) is 20.7. The monoisotopic (exact) mass is 938 g/mol. The number of rotatable bonds is 5. The molecule has 0 aliphatic carbocycles. The van der Waals surface area contributed by atoms with Gasteiger partial charge in [-0.3, -0.25) is 0 Å². The van der Waals surface area contributed by atoms with Crippen LogP contribution >= 0.6 is 0 Å². The van der Waals surface area contributed by atoms with Crippen molar-refractivity contribution in [1.82, 2.24) is 0 Å². The molecular weight excluding hydrogens is 897 g/mol. The van der Waals surface area contributed by atoms with Gasteiger partial charge < -0.3 is 8.83 Å². The summed E-state index contributed by atoms with van der Waals surface area (Å²) in [5.41, 5.74) is 15.8. The number of benzene rings is 14. The second-order valence-electron chi connectivity index (χ2n) is 19.8. The smallest absolute Gasteiger partial charge is 0.135 e. The van der Waals surface area contributed by atoms with E-state index in [1.54, 1.807) is 0 Å². The summed E-state index contributed by atoms with van der Waals surface area (Å²) in [6.45, 7) is 0. The standard InChI is InChI=1S/C72H42O2/c1-5-23-59-55(19-1)69(47-33-37-67-63(41-47)51-17-9-11-29-65(51)73-67)56-20-2-6-24-60(56)71(59)53-27-13-15-45-39-43(31-35-49(45)53)44-32-36-50-46(40-44)16-14-28-54(50)72-61-25-7-3-21-57(61)70(58-22-4-8-26-62(58)72)48-34-38-68-64(42-48)52-18-10-12-30-66(52)74-68/h1-42H. The average Bonchev–Trinajstić information content (AvgIpc) is 4.03. The van der Waals surface area contributed by atoms with Crippen LogP contribution in [-0.2, 0) is 0 Å². The van der Waals surface area contributed by atoms with Crippen molar-refractivity contribution in [2.24, 2.45) is 0 Å². The Morgan fingerprint density at radius 2 is 0.486 bits per heavy atom. The average molecular weight is 939 g/mol. The Hall–Kier alpha value is -9.76.